The van der Waals surface area contributed by atoms with Crippen molar-refractivity contribution in [3.8, 4) is 0 Å². The number of ether oxygens (including phenoxy) is 2. The number of esters is 1. The van der Waals surface area contributed by atoms with Crippen molar-refractivity contribution in [2.24, 2.45) is 16.7 Å². The molecule has 4 nitrogen and oxygen atoms in total. The molecule has 0 aromatic rings. The maximum Gasteiger partial charge on any atom is 0.308 e. The van der Waals surface area contributed by atoms with Crippen LogP contribution >= 0.6 is 0 Å². The highest BCUT2D eigenvalue weighted by Crippen LogP contribution is 2.43. The largest absolute Gasteiger partial charge is 0.462 e. The van der Waals surface area contributed by atoms with Gasteiger partial charge in [-0.3, -0.25) is 9.59 Å². The summed E-state index contributed by atoms with van der Waals surface area (Å²) in [5.74, 6) is -0.239. The van der Waals surface area contributed by atoms with Crippen LogP contribution in [0.2, 0.25) is 0 Å². The molecule has 0 aliphatic carbocycles. The highest BCUT2D eigenvalue weighted by atomic mass is 16.5. The molecule has 2 aliphatic heterocycles. The van der Waals surface area contributed by atoms with Crippen molar-refractivity contribution in [1.82, 2.24) is 0 Å². The average Bonchev–Trinajstić information content (AvgIpc) is 2.26. The van der Waals surface area contributed by atoms with Gasteiger partial charge in [0.05, 0.1) is 30.0 Å². The van der Waals surface area contributed by atoms with Gasteiger partial charge < -0.3 is 9.47 Å². The third-order valence-corrected chi connectivity index (χ3v) is 4.15. The average molecular weight is 254 g/mol. The van der Waals surface area contributed by atoms with E-state index in [-0.39, 0.29) is 23.8 Å². The van der Waals surface area contributed by atoms with Crippen molar-refractivity contribution in [2.75, 3.05) is 13.2 Å². The molecule has 0 N–H and O–H groups in total. The number of carbonyl (C=O) groups is 2. The molecular formula is C14H22O4. The summed E-state index contributed by atoms with van der Waals surface area (Å²) < 4.78 is 11.1. The summed E-state index contributed by atoms with van der Waals surface area (Å²) in [5, 5.41) is 0. The van der Waals surface area contributed by atoms with Crippen LogP contribution in [0.3, 0.4) is 0 Å². The third-order valence-electron chi connectivity index (χ3n) is 4.15. The molecule has 2 fully saturated rings. The van der Waals surface area contributed by atoms with E-state index in [2.05, 4.69) is 0 Å². The predicted molar refractivity (Wildman–Crippen MR) is 66.0 cm³/mol. The van der Waals surface area contributed by atoms with Gasteiger partial charge in [-0.05, 0) is 19.8 Å². The van der Waals surface area contributed by atoms with Gasteiger partial charge in [-0.1, -0.05) is 20.8 Å². The number of rotatable bonds is 0. The molecule has 2 rings (SSSR count). The van der Waals surface area contributed by atoms with E-state index in [9.17, 15) is 9.59 Å². The Kier molecular flexibility index (Phi) is 3.26. The first kappa shape index (κ1) is 13.5. The molecule has 4 unspecified atom stereocenters. The monoisotopic (exact) mass is 254 g/mol. The standard InChI is InChI=1S/C14H22O4/c1-9-5-13(3)7-17-8-14(4,12(13)16)6-10(2)18-11(9)15/h9-10H,5-8H2,1-4H3. The van der Waals surface area contributed by atoms with Gasteiger partial charge >= 0.3 is 5.97 Å². The molecular weight excluding hydrogens is 232 g/mol. The zero-order valence-electron chi connectivity index (χ0n) is 11.6. The van der Waals surface area contributed by atoms with Crippen LogP contribution in [-0.2, 0) is 19.1 Å². The van der Waals surface area contributed by atoms with E-state index in [1.54, 1.807) is 0 Å². The number of ketones is 1. The van der Waals surface area contributed by atoms with Gasteiger partial charge in [0.25, 0.3) is 0 Å². The van der Waals surface area contributed by atoms with Crippen molar-refractivity contribution in [2.45, 2.75) is 46.6 Å². The SMILES string of the molecule is CC1CC2(C)COCC(C)(CC(C)C(=O)O1)C2=O. The number of Topliss-reactive ketones (excluding diaryl/α,β-unsaturated/α-hetero) is 1. The molecule has 2 bridgehead atoms. The molecule has 2 aliphatic rings. The van der Waals surface area contributed by atoms with E-state index < -0.39 is 10.8 Å². The lowest BCUT2D eigenvalue weighted by Gasteiger charge is -2.43. The van der Waals surface area contributed by atoms with E-state index in [0.717, 1.165) is 0 Å². The minimum Gasteiger partial charge on any atom is -0.462 e. The Morgan fingerprint density at radius 1 is 1.06 bits per heavy atom. The van der Waals surface area contributed by atoms with Gasteiger partial charge in [0.1, 0.15) is 11.9 Å². The summed E-state index contributed by atoms with van der Waals surface area (Å²) in [6.45, 7) is 8.34. The second-order valence-corrected chi connectivity index (χ2v) is 6.50. The fraction of sp³-hybridized carbons (Fsp3) is 0.857. The molecule has 18 heavy (non-hydrogen) atoms. The highest BCUT2D eigenvalue weighted by Gasteiger charge is 2.51. The fourth-order valence-corrected chi connectivity index (χ4v) is 3.41. The zero-order valence-corrected chi connectivity index (χ0v) is 11.6. The van der Waals surface area contributed by atoms with Crippen LogP contribution in [0.1, 0.15) is 40.5 Å². The Bertz CT molecular complexity index is 378. The first-order chi connectivity index (χ1) is 8.27. The number of hydrogen-bond donors (Lipinski definition) is 0. The normalized spacial score (nSPS) is 45.8. The van der Waals surface area contributed by atoms with Crippen LogP contribution in [0.4, 0.5) is 0 Å². The van der Waals surface area contributed by atoms with Gasteiger partial charge in [0, 0.05) is 0 Å². The summed E-state index contributed by atoms with van der Waals surface area (Å²) in [5.41, 5.74) is -1.09. The quantitative estimate of drug-likeness (QED) is 0.620. The minimum atomic E-state index is -0.560. The third kappa shape index (κ3) is 2.18. The summed E-state index contributed by atoms with van der Waals surface area (Å²) in [4.78, 5) is 24.6. The lowest BCUT2D eigenvalue weighted by molar-refractivity contribution is -0.160. The molecule has 0 aromatic heterocycles. The van der Waals surface area contributed by atoms with Crippen molar-refractivity contribution < 1.29 is 19.1 Å². The summed E-state index contributed by atoms with van der Waals surface area (Å²) >= 11 is 0. The van der Waals surface area contributed by atoms with Crippen LogP contribution in [0.5, 0.6) is 0 Å². The summed E-state index contributed by atoms with van der Waals surface area (Å²) in [6, 6.07) is 0. The first-order valence-electron chi connectivity index (χ1n) is 6.60. The van der Waals surface area contributed by atoms with Gasteiger partial charge in [-0.25, -0.2) is 0 Å². The Morgan fingerprint density at radius 3 is 2.22 bits per heavy atom. The zero-order chi connectivity index (χ0) is 13.6. The van der Waals surface area contributed by atoms with Crippen LogP contribution in [0.15, 0.2) is 0 Å². The lowest BCUT2D eigenvalue weighted by atomic mass is 9.65. The fourth-order valence-electron chi connectivity index (χ4n) is 3.41. The first-order valence-corrected chi connectivity index (χ1v) is 6.60. The molecule has 0 spiro atoms. The van der Waals surface area contributed by atoms with Gasteiger partial charge in [-0.2, -0.15) is 0 Å². The maximum absolute atomic E-state index is 12.7. The van der Waals surface area contributed by atoms with Gasteiger partial charge in [0.15, 0.2) is 0 Å². The molecule has 102 valence electrons. The van der Waals surface area contributed by atoms with Crippen molar-refractivity contribution >= 4 is 11.8 Å². The van der Waals surface area contributed by atoms with Crippen LogP contribution in [0, 0.1) is 16.7 Å². The van der Waals surface area contributed by atoms with E-state index in [0.29, 0.717) is 26.1 Å². The van der Waals surface area contributed by atoms with Crippen LogP contribution in [-0.4, -0.2) is 31.1 Å². The Morgan fingerprint density at radius 2 is 1.61 bits per heavy atom. The van der Waals surface area contributed by atoms with Gasteiger partial charge in [0.2, 0.25) is 0 Å². The second-order valence-electron chi connectivity index (χ2n) is 6.50. The topological polar surface area (TPSA) is 52.6 Å². The van der Waals surface area contributed by atoms with Crippen molar-refractivity contribution in [1.29, 1.82) is 0 Å². The van der Waals surface area contributed by atoms with Crippen LogP contribution in [0.25, 0.3) is 0 Å². The molecule has 4 atom stereocenters. The molecule has 0 aromatic carbocycles. The molecule has 2 heterocycles. The smallest absolute Gasteiger partial charge is 0.308 e. The molecule has 0 radical (unpaired) electrons. The lowest BCUT2D eigenvalue weighted by Crippen LogP contribution is -2.51. The molecule has 0 amide bonds. The number of hydrogen-bond acceptors (Lipinski definition) is 4. The highest BCUT2D eigenvalue weighted by molar-refractivity contribution is 5.91. The van der Waals surface area contributed by atoms with Crippen molar-refractivity contribution in [3.05, 3.63) is 0 Å². The number of carbonyl (C=O) groups excluding carboxylic acids is 2. The second kappa shape index (κ2) is 4.34. The van der Waals surface area contributed by atoms with E-state index in [1.807, 2.05) is 27.7 Å². The molecule has 4 heteroatoms. The van der Waals surface area contributed by atoms with Crippen molar-refractivity contribution in [3.63, 3.8) is 0 Å². The Balaban J connectivity index is 2.38. The van der Waals surface area contributed by atoms with Gasteiger partial charge in [-0.15, -0.1) is 0 Å². The molecule has 0 saturated carbocycles. The maximum atomic E-state index is 12.7. The predicted octanol–water partition coefficient (Wildman–Crippen LogP) is 1.96. The number of fused-ring (bicyclic) bond motifs is 2. The number of cyclic esters (lactones) is 1. The molecule has 2 saturated heterocycles. The Labute approximate surface area is 108 Å². The van der Waals surface area contributed by atoms with E-state index in [1.165, 1.54) is 0 Å². The summed E-state index contributed by atoms with van der Waals surface area (Å²) in [7, 11) is 0. The minimum absolute atomic E-state index is 0.201. The summed E-state index contributed by atoms with van der Waals surface area (Å²) in [6.07, 6.45) is 0.810. The Hall–Kier alpha value is -0.900. The van der Waals surface area contributed by atoms with E-state index >= 15 is 0 Å². The van der Waals surface area contributed by atoms with E-state index in [4.69, 9.17) is 9.47 Å². The van der Waals surface area contributed by atoms with Crippen LogP contribution < -0.4 is 0 Å².